The second kappa shape index (κ2) is 16.4. The first-order valence-electron chi connectivity index (χ1n) is 11.4. The number of hydrogen-bond donors (Lipinski definition) is 2. The molecule has 0 saturated heterocycles. The maximum atomic E-state index is 13.2. The number of alkyl halides is 2. The fraction of sp³-hybridized carbons (Fsp3) is 0.462. The normalized spacial score (nSPS) is 10.2. The number of amides is 2. The van der Waals surface area contributed by atoms with Crippen molar-refractivity contribution in [2.75, 3.05) is 13.7 Å². The summed E-state index contributed by atoms with van der Waals surface area (Å²) >= 11 is 0. The molecule has 2 rings (SSSR count). The molecule has 9 heteroatoms. The molecule has 0 aliphatic heterocycles. The fourth-order valence-electron chi connectivity index (χ4n) is 2.54. The number of benzene rings is 2. The summed E-state index contributed by atoms with van der Waals surface area (Å²) in [5, 5.41) is 2.41. The highest BCUT2D eigenvalue weighted by Gasteiger charge is 2.22. The Bertz CT molecular complexity index is 914. The van der Waals surface area contributed by atoms with Crippen molar-refractivity contribution in [1.82, 2.24) is 5.32 Å². The van der Waals surface area contributed by atoms with E-state index in [1.807, 2.05) is 6.92 Å². The minimum atomic E-state index is -3.15. The number of carbonyl (C=O) groups is 2. The topological polar surface area (TPSA) is 90.7 Å². The average Bonchev–Trinajstić information content (AvgIpc) is 2.80. The van der Waals surface area contributed by atoms with Crippen LogP contribution in [0, 0.1) is 19.7 Å². The highest BCUT2D eigenvalue weighted by Crippen LogP contribution is 2.23. The van der Waals surface area contributed by atoms with E-state index in [1.165, 1.54) is 25.2 Å². The van der Waals surface area contributed by atoms with E-state index in [4.69, 9.17) is 4.74 Å². The summed E-state index contributed by atoms with van der Waals surface area (Å²) in [5.74, 6) is -0.280. The number of nitrogens with two attached hydrogens (primary N) is 1. The van der Waals surface area contributed by atoms with Gasteiger partial charge >= 0.3 is 6.11 Å². The van der Waals surface area contributed by atoms with Crippen LogP contribution in [-0.2, 0) is 4.79 Å². The maximum absolute atomic E-state index is 13.2. The Morgan fingerprint density at radius 3 is 2.00 bits per heavy atom. The first-order valence-corrected chi connectivity index (χ1v) is 11.4. The summed E-state index contributed by atoms with van der Waals surface area (Å²) in [4.78, 5) is 20.8. The van der Waals surface area contributed by atoms with Crippen molar-refractivity contribution in [3.05, 3.63) is 58.9 Å². The first-order chi connectivity index (χ1) is 16.4. The molecule has 0 spiro atoms. The van der Waals surface area contributed by atoms with Gasteiger partial charge < -0.3 is 20.5 Å². The van der Waals surface area contributed by atoms with Gasteiger partial charge in [0.15, 0.2) is 0 Å². The Balaban J connectivity index is 0.000000567. The molecule has 0 radical (unpaired) electrons. The molecule has 0 aromatic heterocycles. The van der Waals surface area contributed by atoms with Gasteiger partial charge in [-0.2, -0.15) is 8.78 Å². The second-order valence-electron chi connectivity index (χ2n) is 7.70. The highest BCUT2D eigenvalue weighted by atomic mass is 19.3. The van der Waals surface area contributed by atoms with E-state index < -0.39 is 11.9 Å². The lowest BCUT2D eigenvalue weighted by molar-refractivity contribution is -0.159. The predicted octanol–water partition coefficient (Wildman–Crippen LogP) is 5.93. The number of ether oxygens (including phenoxy) is 2. The van der Waals surface area contributed by atoms with Crippen LogP contribution in [-0.4, -0.2) is 31.6 Å². The standard InChI is InChI=1S/C13H18F2O2.C10H12FNO.C3H7NO/c1-3-4-5-10-16-11-6-8-12(9-7-11)17-13(2,14)15;1-6-4-5-8(11)9(7(6)2)10(13)12-3;1-2-3(4)5/h6-9H,3-5,10H2,1-2H3;4-5H,1-3H3,(H,12,13);2H2,1H3,(H2,4,5). The molecule has 2 aromatic carbocycles. The summed E-state index contributed by atoms with van der Waals surface area (Å²) < 4.78 is 48.2. The van der Waals surface area contributed by atoms with Gasteiger partial charge in [0.1, 0.15) is 17.3 Å². The van der Waals surface area contributed by atoms with Gasteiger partial charge in [0.25, 0.3) is 5.91 Å². The lowest BCUT2D eigenvalue weighted by Gasteiger charge is -2.13. The molecule has 0 bridgehead atoms. The number of halogens is 3. The molecule has 0 aliphatic rings. The Morgan fingerprint density at radius 1 is 1.00 bits per heavy atom. The average molecular weight is 499 g/mol. The number of hydrogen-bond acceptors (Lipinski definition) is 4. The highest BCUT2D eigenvalue weighted by molar-refractivity contribution is 5.96. The molecule has 0 saturated carbocycles. The quantitative estimate of drug-likeness (QED) is 0.419. The van der Waals surface area contributed by atoms with E-state index in [0.717, 1.165) is 24.8 Å². The van der Waals surface area contributed by atoms with Crippen LogP contribution in [0.2, 0.25) is 0 Å². The third-order valence-corrected chi connectivity index (χ3v) is 4.62. The van der Waals surface area contributed by atoms with Gasteiger partial charge in [0, 0.05) is 20.4 Å². The van der Waals surface area contributed by atoms with Crippen LogP contribution in [0.3, 0.4) is 0 Å². The Hall–Kier alpha value is -3.23. The van der Waals surface area contributed by atoms with E-state index in [1.54, 1.807) is 32.0 Å². The van der Waals surface area contributed by atoms with Crippen molar-refractivity contribution in [2.45, 2.75) is 66.4 Å². The predicted molar refractivity (Wildman–Crippen MR) is 131 cm³/mol. The lowest BCUT2D eigenvalue weighted by Crippen LogP contribution is -2.20. The summed E-state index contributed by atoms with van der Waals surface area (Å²) in [6, 6.07) is 9.20. The van der Waals surface area contributed by atoms with Crippen LogP contribution in [0.1, 0.15) is 67.9 Å². The molecule has 2 amide bonds. The van der Waals surface area contributed by atoms with Crippen LogP contribution in [0.15, 0.2) is 36.4 Å². The molecule has 3 N–H and O–H groups in total. The van der Waals surface area contributed by atoms with Gasteiger partial charge in [0.2, 0.25) is 5.91 Å². The zero-order chi connectivity index (χ0) is 27.0. The minimum Gasteiger partial charge on any atom is -0.494 e. The Labute approximate surface area is 206 Å². The van der Waals surface area contributed by atoms with Crippen molar-refractivity contribution < 1.29 is 32.2 Å². The number of carbonyl (C=O) groups excluding carboxylic acids is 2. The summed E-state index contributed by atoms with van der Waals surface area (Å²) in [6.07, 6.45) is 0.566. The van der Waals surface area contributed by atoms with Gasteiger partial charge in [-0.25, -0.2) is 4.39 Å². The molecular weight excluding hydrogens is 461 g/mol. The van der Waals surface area contributed by atoms with Crippen LogP contribution >= 0.6 is 0 Å². The van der Waals surface area contributed by atoms with Gasteiger partial charge in [-0.15, -0.1) is 0 Å². The molecule has 0 unspecified atom stereocenters. The third-order valence-electron chi connectivity index (χ3n) is 4.62. The smallest absolute Gasteiger partial charge is 0.394 e. The number of unbranched alkanes of at least 4 members (excludes halogenated alkanes) is 2. The largest absolute Gasteiger partial charge is 0.494 e. The minimum absolute atomic E-state index is 0.137. The van der Waals surface area contributed by atoms with Crippen molar-refractivity contribution >= 4 is 11.8 Å². The number of nitrogens with one attached hydrogen (secondary N) is 1. The first kappa shape index (κ1) is 31.8. The zero-order valence-corrected chi connectivity index (χ0v) is 21.3. The van der Waals surface area contributed by atoms with Crippen LogP contribution in [0.4, 0.5) is 13.2 Å². The van der Waals surface area contributed by atoms with Crippen LogP contribution in [0.25, 0.3) is 0 Å². The number of primary amides is 1. The lowest BCUT2D eigenvalue weighted by atomic mass is 10.0. The Morgan fingerprint density at radius 2 is 1.54 bits per heavy atom. The van der Waals surface area contributed by atoms with Crippen molar-refractivity contribution in [3.63, 3.8) is 0 Å². The monoisotopic (exact) mass is 498 g/mol. The maximum Gasteiger partial charge on any atom is 0.394 e. The molecule has 35 heavy (non-hydrogen) atoms. The van der Waals surface area contributed by atoms with Crippen molar-refractivity contribution in [1.29, 1.82) is 0 Å². The van der Waals surface area contributed by atoms with E-state index in [-0.39, 0.29) is 23.1 Å². The van der Waals surface area contributed by atoms with Gasteiger partial charge in [-0.05, 0) is 61.7 Å². The SMILES string of the molecule is CCC(N)=O.CCCCCOc1ccc(OC(C)(F)F)cc1.CNC(=O)c1c(F)ccc(C)c1C. The van der Waals surface area contributed by atoms with E-state index in [9.17, 15) is 22.8 Å². The molecule has 196 valence electrons. The molecule has 0 aliphatic carbocycles. The number of rotatable bonds is 9. The fourth-order valence-corrected chi connectivity index (χ4v) is 2.54. The van der Waals surface area contributed by atoms with E-state index in [0.29, 0.717) is 31.3 Å². The summed E-state index contributed by atoms with van der Waals surface area (Å²) in [5.41, 5.74) is 6.40. The molecule has 0 atom stereocenters. The van der Waals surface area contributed by atoms with Gasteiger partial charge in [-0.3, -0.25) is 9.59 Å². The molecule has 0 heterocycles. The summed E-state index contributed by atoms with van der Waals surface area (Å²) in [7, 11) is 1.49. The third kappa shape index (κ3) is 13.9. The zero-order valence-electron chi connectivity index (χ0n) is 21.3. The molecular formula is C26H37F3N2O4. The molecule has 0 fully saturated rings. The van der Waals surface area contributed by atoms with Crippen molar-refractivity contribution in [3.8, 4) is 11.5 Å². The van der Waals surface area contributed by atoms with Gasteiger partial charge in [-0.1, -0.05) is 32.8 Å². The van der Waals surface area contributed by atoms with Crippen LogP contribution < -0.4 is 20.5 Å². The van der Waals surface area contributed by atoms with Crippen LogP contribution in [0.5, 0.6) is 11.5 Å². The van der Waals surface area contributed by atoms with E-state index in [2.05, 4.69) is 22.7 Å². The second-order valence-corrected chi connectivity index (χ2v) is 7.70. The Kier molecular flexibility index (Phi) is 14.9. The van der Waals surface area contributed by atoms with E-state index >= 15 is 0 Å². The number of aryl methyl sites for hydroxylation is 1. The molecule has 2 aromatic rings. The van der Waals surface area contributed by atoms with Crippen molar-refractivity contribution in [2.24, 2.45) is 5.73 Å². The van der Waals surface area contributed by atoms with Gasteiger partial charge in [0.05, 0.1) is 12.2 Å². The molecule has 6 nitrogen and oxygen atoms in total. The summed E-state index contributed by atoms with van der Waals surface area (Å²) in [6.45, 7) is 8.80.